The molecular weight excluding hydrogens is 398 g/mol. The van der Waals surface area contributed by atoms with Crippen LogP contribution in [0.4, 0.5) is 20.2 Å². The summed E-state index contributed by atoms with van der Waals surface area (Å²) in [5.74, 6) is -1.02. The van der Waals surface area contributed by atoms with Crippen molar-refractivity contribution in [3.8, 4) is 5.75 Å². The van der Waals surface area contributed by atoms with Crippen molar-refractivity contribution in [1.82, 2.24) is 4.90 Å². The van der Waals surface area contributed by atoms with Crippen LogP contribution in [0, 0.1) is 11.6 Å². The number of ether oxygens (including phenoxy) is 1. The highest BCUT2D eigenvalue weighted by atomic mass is 19.1. The highest BCUT2D eigenvalue weighted by Gasteiger charge is 2.15. The molecule has 0 radical (unpaired) electrons. The average molecular weight is 422 g/mol. The Morgan fingerprint density at radius 2 is 1.77 bits per heavy atom. The third-order valence-electron chi connectivity index (χ3n) is 4.61. The molecule has 31 heavy (non-hydrogen) atoms. The molecule has 1 N–H and O–H groups in total. The standard InChI is InChI=1S/C25H24F2N2O2/c1-29(2)14-4-5-17-6-13-24(31-3)21(15-17)25(30)18-7-10-20(11-8-18)28-23-12-9-19(26)16-22(23)27/h4-13,15-16,28H,14H2,1-3H3. The Balaban J connectivity index is 1.81. The van der Waals surface area contributed by atoms with Crippen molar-refractivity contribution in [2.24, 2.45) is 0 Å². The lowest BCUT2D eigenvalue weighted by Crippen LogP contribution is -2.10. The van der Waals surface area contributed by atoms with Gasteiger partial charge in [-0.25, -0.2) is 8.78 Å². The zero-order valence-electron chi connectivity index (χ0n) is 17.7. The van der Waals surface area contributed by atoms with Gasteiger partial charge in [0.1, 0.15) is 17.4 Å². The molecule has 3 rings (SSSR count). The Hall–Kier alpha value is -3.51. The van der Waals surface area contributed by atoms with Crippen LogP contribution in [0.2, 0.25) is 0 Å². The van der Waals surface area contributed by atoms with Gasteiger partial charge in [-0.1, -0.05) is 18.2 Å². The second-order valence-corrected chi connectivity index (χ2v) is 7.28. The Morgan fingerprint density at radius 1 is 1.03 bits per heavy atom. The molecule has 0 heterocycles. The summed E-state index contributed by atoms with van der Waals surface area (Å²) in [6, 6.07) is 15.4. The first-order chi connectivity index (χ1) is 14.9. The molecule has 160 valence electrons. The number of hydrogen-bond acceptors (Lipinski definition) is 4. The molecule has 6 heteroatoms. The average Bonchev–Trinajstić information content (AvgIpc) is 2.75. The van der Waals surface area contributed by atoms with Crippen molar-refractivity contribution in [3.05, 3.63) is 95.1 Å². The van der Waals surface area contributed by atoms with Gasteiger partial charge in [-0.2, -0.15) is 0 Å². The van der Waals surface area contributed by atoms with E-state index < -0.39 is 11.6 Å². The number of nitrogens with zero attached hydrogens (tertiary/aromatic N) is 1. The van der Waals surface area contributed by atoms with Gasteiger partial charge in [-0.05, 0) is 68.2 Å². The number of anilines is 2. The maximum Gasteiger partial charge on any atom is 0.196 e. The minimum absolute atomic E-state index is 0.152. The van der Waals surface area contributed by atoms with Crippen molar-refractivity contribution in [2.75, 3.05) is 33.1 Å². The van der Waals surface area contributed by atoms with Crippen molar-refractivity contribution in [1.29, 1.82) is 0 Å². The van der Waals surface area contributed by atoms with E-state index in [0.29, 0.717) is 22.6 Å². The minimum atomic E-state index is -0.691. The Labute approximate surface area is 180 Å². The summed E-state index contributed by atoms with van der Waals surface area (Å²) in [5.41, 5.74) is 2.56. The SMILES string of the molecule is COc1ccc(C=CCN(C)C)cc1C(=O)c1ccc(Nc2ccc(F)cc2F)cc1. The van der Waals surface area contributed by atoms with Crippen LogP contribution in [0.3, 0.4) is 0 Å². The molecule has 0 unspecified atom stereocenters. The van der Waals surface area contributed by atoms with Crippen molar-refractivity contribution in [3.63, 3.8) is 0 Å². The molecule has 0 atom stereocenters. The van der Waals surface area contributed by atoms with Crippen LogP contribution in [0.25, 0.3) is 6.08 Å². The van der Waals surface area contributed by atoms with E-state index in [9.17, 15) is 13.6 Å². The molecule has 4 nitrogen and oxygen atoms in total. The normalized spacial score (nSPS) is 11.2. The fourth-order valence-corrected chi connectivity index (χ4v) is 3.01. The van der Waals surface area contributed by atoms with Crippen LogP contribution in [0.15, 0.2) is 66.7 Å². The quantitative estimate of drug-likeness (QED) is 0.485. The molecule has 0 saturated heterocycles. The van der Waals surface area contributed by atoms with Gasteiger partial charge in [0, 0.05) is 23.9 Å². The van der Waals surface area contributed by atoms with Gasteiger partial charge < -0.3 is 15.0 Å². The number of likely N-dealkylation sites (N-methyl/N-ethyl adjacent to an activating group) is 1. The smallest absolute Gasteiger partial charge is 0.196 e. The summed E-state index contributed by atoms with van der Waals surface area (Å²) in [5, 5.41) is 2.88. The van der Waals surface area contributed by atoms with E-state index in [1.807, 2.05) is 37.2 Å². The first-order valence-corrected chi connectivity index (χ1v) is 9.73. The number of carbonyl (C=O) groups excluding carboxylic acids is 1. The van der Waals surface area contributed by atoms with E-state index in [-0.39, 0.29) is 11.5 Å². The molecule has 0 aromatic heterocycles. The summed E-state index contributed by atoms with van der Waals surface area (Å²) in [6.07, 6.45) is 3.98. The van der Waals surface area contributed by atoms with Gasteiger partial charge in [-0.15, -0.1) is 0 Å². The van der Waals surface area contributed by atoms with Crippen LogP contribution < -0.4 is 10.1 Å². The summed E-state index contributed by atoms with van der Waals surface area (Å²) < 4.78 is 32.3. The van der Waals surface area contributed by atoms with Gasteiger partial charge in [0.05, 0.1) is 18.4 Å². The predicted molar refractivity (Wildman–Crippen MR) is 120 cm³/mol. The Bertz CT molecular complexity index is 1090. The van der Waals surface area contributed by atoms with Crippen LogP contribution >= 0.6 is 0 Å². The molecular formula is C25H24F2N2O2. The number of benzene rings is 3. The second-order valence-electron chi connectivity index (χ2n) is 7.28. The Kier molecular flexibility index (Phi) is 7.15. The van der Waals surface area contributed by atoms with E-state index in [4.69, 9.17) is 4.74 Å². The molecule has 0 saturated carbocycles. The molecule has 3 aromatic carbocycles. The molecule has 0 spiro atoms. The zero-order chi connectivity index (χ0) is 22.4. The first kappa shape index (κ1) is 22.2. The number of carbonyl (C=O) groups is 1. The lowest BCUT2D eigenvalue weighted by molar-refractivity contribution is 0.103. The van der Waals surface area contributed by atoms with Crippen LogP contribution in [0.5, 0.6) is 5.75 Å². The van der Waals surface area contributed by atoms with Crippen LogP contribution in [0.1, 0.15) is 21.5 Å². The lowest BCUT2D eigenvalue weighted by Gasteiger charge is -2.11. The number of methoxy groups -OCH3 is 1. The van der Waals surface area contributed by atoms with E-state index in [0.717, 1.165) is 18.2 Å². The monoisotopic (exact) mass is 422 g/mol. The highest BCUT2D eigenvalue weighted by Crippen LogP contribution is 2.26. The van der Waals surface area contributed by atoms with E-state index in [1.165, 1.54) is 19.2 Å². The van der Waals surface area contributed by atoms with E-state index in [2.05, 4.69) is 5.32 Å². The molecule has 0 bridgehead atoms. The number of ketones is 1. The van der Waals surface area contributed by atoms with Crippen molar-refractivity contribution < 1.29 is 18.3 Å². The first-order valence-electron chi connectivity index (χ1n) is 9.73. The van der Waals surface area contributed by atoms with Crippen LogP contribution in [-0.2, 0) is 0 Å². The van der Waals surface area contributed by atoms with Crippen molar-refractivity contribution >= 4 is 23.2 Å². The summed E-state index contributed by atoms with van der Waals surface area (Å²) in [6.45, 7) is 0.790. The highest BCUT2D eigenvalue weighted by molar-refractivity contribution is 6.11. The summed E-state index contributed by atoms with van der Waals surface area (Å²) in [4.78, 5) is 15.1. The van der Waals surface area contributed by atoms with E-state index in [1.54, 1.807) is 36.4 Å². The molecule has 0 fully saturated rings. The van der Waals surface area contributed by atoms with Gasteiger partial charge in [0.15, 0.2) is 5.78 Å². The summed E-state index contributed by atoms with van der Waals surface area (Å²) >= 11 is 0. The van der Waals surface area contributed by atoms with Crippen molar-refractivity contribution in [2.45, 2.75) is 0 Å². The topological polar surface area (TPSA) is 41.6 Å². The van der Waals surface area contributed by atoms with Crippen LogP contribution in [-0.4, -0.2) is 38.4 Å². The molecule has 0 aliphatic carbocycles. The van der Waals surface area contributed by atoms with Gasteiger partial charge >= 0.3 is 0 Å². The Morgan fingerprint density at radius 3 is 2.42 bits per heavy atom. The fourth-order valence-electron chi connectivity index (χ4n) is 3.01. The summed E-state index contributed by atoms with van der Waals surface area (Å²) in [7, 11) is 5.49. The third-order valence-corrected chi connectivity index (χ3v) is 4.61. The van der Waals surface area contributed by atoms with Gasteiger partial charge in [0.25, 0.3) is 0 Å². The van der Waals surface area contributed by atoms with Gasteiger partial charge in [-0.3, -0.25) is 4.79 Å². The zero-order valence-corrected chi connectivity index (χ0v) is 17.7. The molecule has 0 aliphatic rings. The maximum absolute atomic E-state index is 13.8. The number of halogens is 2. The number of rotatable bonds is 8. The minimum Gasteiger partial charge on any atom is -0.496 e. The second kappa shape index (κ2) is 10.00. The maximum atomic E-state index is 13.8. The largest absolute Gasteiger partial charge is 0.496 e. The molecule has 0 aliphatic heterocycles. The third kappa shape index (κ3) is 5.77. The number of nitrogens with one attached hydrogen (secondary N) is 1. The number of hydrogen-bond donors (Lipinski definition) is 1. The van der Waals surface area contributed by atoms with Gasteiger partial charge in [0.2, 0.25) is 0 Å². The fraction of sp³-hybridized carbons (Fsp3) is 0.160. The lowest BCUT2D eigenvalue weighted by atomic mass is 9.99. The molecule has 3 aromatic rings. The van der Waals surface area contributed by atoms with E-state index >= 15 is 0 Å². The molecule has 0 amide bonds. The predicted octanol–water partition coefficient (Wildman–Crippen LogP) is 5.52.